The SMILES string of the molecule is [B-][P+](C)(c1ccccc1)c1ccccc1CO. The molecule has 85 valence electrons. The van der Waals surface area contributed by atoms with E-state index in [0.29, 0.717) is 0 Å². The number of benzene rings is 2. The summed E-state index contributed by atoms with van der Waals surface area (Å²) in [7, 11) is 4.67. The first-order valence-electron chi connectivity index (χ1n) is 5.56. The van der Waals surface area contributed by atoms with Crippen molar-refractivity contribution in [2.24, 2.45) is 0 Å². The first-order chi connectivity index (χ1) is 8.16. The van der Waals surface area contributed by atoms with Gasteiger partial charge in [0.1, 0.15) is 0 Å². The summed E-state index contributed by atoms with van der Waals surface area (Å²) in [4.78, 5) is 0. The molecule has 0 bridgehead atoms. The van der Waals surface area contributed by atoms with Gasteiger partial charge >= 0.3 is 0 Å². The second-order valence-electron chi connectivity index (χ2n) is 4.20. The van der Waals surface area contributed by atoms with E-state index in [9.17, 15) is 5.11 Å². The Morgan fingerprint density at radius 2 is 1.59 bits per heavy atom. The zero-order valence-electron chi connectivity index (χ0n) is 9.88. The zero-order chi connectivity index (χ0) is 12.3. The van der Waals surface area contributed by atoms with Crippen molar-refractivity contribution in [2.45, 2.75) is 6.61 Å². The molecule has 0 saturated heterocycles. The smallest absolute Gasteiger partial charge is 0.0718 e. The van der Waals surface area contributed by atoms with Crippen LogP contribution < -0.4 is 10.6 Å². The quantitative estimate of drug-likeness (QED) is 0.642. The Kier molecular flexibility index (Phi) is 3.66. The predicted molar refractivity (Wildman–Crippen MR) is 76.7 cm³/mol. The molecule has 2 aromatic rings. The highest BCUT2D eigenvalue weighted by Crippen LogP contribution is 2.47. The minimum Gasteiger partial charge on any atom is -0.392 e. The van der Waals surface area contributed by atoms with Gasteiger partial charge in [0.2, 0.25) is 0 Å². The van der Waals surface area contributed by atoms with E-state index in [1.807, 2.05) is 42.5 Å². The summed E-state index contributed by atoms with van der Waals surface area (Å²) in [5.74, 6) is 0. The summed E-state index contributed by atoms with van der Waals surface area (Å²) in [6, 6.07) is 18.0. The van der Waals surface area contributed by atoms with Crippen molar-refractivity contribution in [3.05, 3.63) is 60.2 Å². The lowest BCUT2D eigenvalue weighted by Gasteiger charge is -2.33. The van der Waals surface area contributed by atoms with Gasteiger partial charge in [-0.3, -0.25) is 7.57 Å². The number of aliphatic hydroxyl groups is 1. The van der Waals surface area contributed by atoms with Crippen LogP contribution in [0.15, 0.2) is 54.6 Å². The third-order valence-electron chi connectivity index (χ3n) is 2.95. The second-order valence-corrected chi connectivity index (χ2v) is 7.35. The van der Waals surface area contributed by atoms with E-state index in [-0.39, 0.29) is 6.61 Å². The van der Waals surface area contributed by atoms with Crippen molar-refractivity contribution in [1.82, 2.24) is 0 Å². The standard InChI is InChI=1S/C14H15BOP/c1-17(15,13-8-3-2-4-9-13)14-10-6-5-7-12(14)11-16/h2-10,16H,11H2,1H3. The molecule has 2 rings (SSSR count). The molecule has 1 nitrogen and oxygen atoms in total. The van der Waals surface area contributed by atoms with Gasteiger partial charge in [0.25, 0.3) is 0 Å². The number of rotatable bonds is 3. The van der Waals surface area contributed by atoms with Gasteiger partial charge in [-0.1, -0.05) is 36.4 Å². The molecule has 0 fully saturated rings. The molecule has 1 atom stereocenters. The molecule has 0 saturated carbocycles. The van der Waals surface area contributed by atoms with Gasteiger partial charge in [-0.2, -0.15) is 7.14 Å². The van der Waals surface area contributed by atoms with E-state index in [4.69, 9.17) is 7.57 Å². The maximum absolute atomic E-state index is 9.39. The summed E-state index contributed by atoms with van der Waals surface area (Å²) in [5.41, 5.74) is 0.926. The summed E-state index contributed by atoms with van der Waals surface area (Å²) >= 11 is 0. The maximum atomic E-state index is 9.39. The minimum absolute atomic E-state index is 0.0375. The molecule has 3 heteroatoms. The molecule has 0 aromatic heterocycles. The average molecular weight is 241 g/mol. The van der Waals surface area contributed by atoms with E-state index in [1.54, 1.807) is 0 Å². The lowest BCUT2D eigenvalue weighted by molar-refractivity contribution is 0.283. The first kappa shape index (κ1) is 12.4. The van der Waals surface area contributed by atoms with Crippen molar-refractivity contribution in [1.29, 1.82) is 0 Å². The molecule has 17 heavy (non-hydrogen) atoms. The Bertz CT molecular complexity index is 497. The van der Waals surface area contributed by atoms with Crippen LogP contribution in [0.3, 0.4) is 0 Å². The van der Waals surface area contributed by atoms with Crippen LogP contribution in [0, 0.1) is 0 Å². The Balaban J connectivity index is 2.51. The number of hydrogen-bond donors (Lipinski definition) is 1. The van der Waals surface area contributed by atoms with E-state index < -0.39 is 7.14 Å². The van der Waals surface area contributed by atoms with Crippen LogP contribution in [0.1, 0.15) is 5.56 Å². The maximum Gasteiger partial charge on any atom is 0.0718 e. The van der Waals surface area contributed by atoms with Crippen LogP contribution >= 0.6 is 7.14 Å². The van der Waals surface area contributed by atoms with E-state index in [2.05, 4.69) is 18.8 Å². The fourth-order valence-corrected chi connectivity index (χ4v) is 4.18. The largest absolute Gasteiger partial charge is 0.392 e. The molecular weight excluding hydrogens is 226 g/mol. The van der Waals surface area contributed by atoms with Crippen LogP contribution in [0.25, 0.3) is 0 Å². The molecule has 3 radical (unpaired) electrons. The zero-order valence-corrected chi connectivity index (χ0v) is 10.8. The third-order valence-corrected chi connectivity index (χ3v) is 5.76. The average Bonchev–Trinajstić information content (AvgIpc) is 2.39. The molecule has 0 aliphatic carbocycles. The summed E-state index contributed by atoms with van der Waals surface area (Å²) in [6.45, 7) is 2.12. The van der Waals surface area contributed by atoms with Gasteiger partial charge < -0.3 is 5.11 Å². The van der Waals surface area contributed by atoms with Crippen molar-refractivity contribution in [2.75, 3.05) is 6.66 Å². The highest BCUT2D eigenvalue weighted by atomic mass is 31.2. The summed E-state index contributed by atoms with van der Waals surface area (Å²) in [5, 5.41) is 11.6. The second kappa shape index (κ2) is 5.04. The molecule has 2 aromatic carbocycles. The summed E-state index contributed by atoms with van der Waals surface area (Å²) < 4.78 is 0. The topological polar surface area (TPSA) is 20.2 Å². The van der Waals surface area contributed by atoms with Crippen molar-refractivity contribution in [3.8, 4) is 0 Å². The number of hydrogen-bond acceptors (Lipinski definition) is 1. The molecular formula is C14H15BOP. The van der Waals surface area contributed by atoms with Gasteiger partial charge in [-0.15, -0.1) is 0 Å². The monoisotopic (exact) mass is 241 g/mol. The lowest BCUT2D eigenvalue weighted by Crippen LogP contribution is -2.24. The highest BCUT2D eigenvalue weighted by molar-refractivity contribution is 8.08. The molecule has 0 heterocycles. The lowest BCUT2D eigenvalue weighted by atomic mass is 10.2. The van der Waals surface area contributed by atoms with Crippen molar-refractivity contribution >= 4 is 25.3 Å². The molecule has 0 aliphatic heterocycles. The Hall–Kier alpha value is -1.11. The summed E-state index contributed by atoms with van der Waals surface area (Å²) in [6.07, 6.45) is 0. The molecule has 0 amide bonds. The van der Waals surface area contributed by atoms with Gasteiger partial charge in [-0.05, 0) is 18.2 Å². The molecule has 0 spiro atoms. The highest BCUT2D eigenvalue weighted by Gasteiger charge is 2.20. The Morgan fingerprint density at radius 3 is 2.24 bits per heavy atom. The van der Waals surface area contributed by atoms with Gasteiger partial charge in [0.15, 0.2) is 0 Å². The third kappa shape index (κ3) is 2.43. The van der Waals surface area contributed by atoms with Crippen molar-refractivity contribution in [3.63, 3.8) is 0 Å². The first-order valence-corrected chi connectivity index (χ1v) is 7.87. The molecule has 0 aliphatic rings. The fraction of sp³-hybridized carbons (Fsp3) is 0.143. The fourth-order valence-electron chi connectivity index (χ4n) is 1.97. The van der Waals surface area contributed by atoms with E-state index >= 15 is 0 Å². The van der Waals surface area contributed by atoms with Crippen LogP contribution in [0.4, 0.5) is 0 Å². The Morgan fingerprint density at radius 1 is 1.00 bits per heavy atom. The molecule has 1 N–H and O–H groups in total. The van der Waals surface area contributed by atoms with Crippen LogP contribution in [0.5, 0.6) is 0 Å². The van der Waals surface area contributed by atoms with Crippen LogP contribution in [0.2, 0.25) is 0 Å². The van der Waals surface area contributed by atoms with Crippen LogP contribution in [-0.4, -0.2) is 19.3 Å². The predicted octanol–water partition coefficient (Wildman–Crippen LogP) is 1.86. The van der Waals surface area contributed by atoms with Crippen LogP contribution in [-0.2, 0) is 6.61 Å². The van der Waals surface area contributed by atoms with Gasteiger partial charge in [0.05, 0.1) is 11.9 Å². The number of aliphatic hydroxyl groups excluding tert-OH is 1. The minimum atomic E-state index is -1.86. The molecule has 1 unspecified atom stereocenters. The Labute approximate surface area is 104 Å². The van der Waals surface area contributed by atoms with Crippen molar-refractivity contribution < 1.29 is 5.11 Å². The van der Waals surface area contributed by atoms with Gasteiger partial charge in [-0.25, -0.2) is 0 Å². The van der Waals surface area contributed by atoms with Gasteiger partial charge in [0, 0.05) is 17.5 Å². The normalized spacial score (nSPS) is 14.3. The van der Waals surface area contributed by atoms with E-state index in [0.717, 1.165) is 16.2 Å². The van der Waals surface area contributed by atoms with E-state index in [1.165, 1.54) is 0 Å².